The Morgan fingerprint density at radius 3 is 2.00 bits per heavy atom. The van der Waals surface area contributed by atoms with Crippen molar-refractivity contribution in [2.75, 3.05) is 5.73 Å². The molecule has 0 unspecified atom stereocenters. The lowest BCUT2D eigenvalue weighted by Crippen LogP contribution is -2.01. The fraction of sp³-hybridized carbons (Fsp3) is 0. The van der Waals surface area contributed by atoms with Crippen molar-refractivity contribution in [1.29, 1.82) is 0 Å². The molecule has 0 heterocycles. The Hall–Kier alpha value is -3.22. The van der Waals surface area contributed by atoms with E-state index in [0.717, 1.165) is 0 Å². The summed E-state index contributed by atoms with van der Waals surface area (Å²) in [6.07, 6.45) is 0. The first-order valence-electron chi connectivity index (χ1n) is 5.85. The first-order valence-corrected chi connectivity index (χ1v) is 5.85. The van der Waals surface area contributed by atoms with Gasteiger partial charge in [0.25, 0.3) is 0 Å². The molecule has 21 heavy (non-hydrogen) atoms. The molecule has 0 spiro atoms. The zero-order valence-corrected chi connectivity index (χ0v) is 10.7. The molecule has 0 aliphatic rings. The summed E-state index contributed by atoms with van der Waals surface area (Å²) in [5.74, 6) is -2.17. The number of nitrogens with two attached hydrogens (primary N) is 1. The Balaban J connectivity index is 2.23. The molecule has 4 N–H and O–H groups in total. The molecule has 7 heteroatoms. The van der Waals surface area contributed by atoms with Gasteiger partial charge < -0.3 is 15.9 Å². The van der Waals surface area contributed by atoms with Gasteiger partial charge in [-0.1, -0.05) is 0 Å². The molecule has 0 saturated heterocycles. The number of benzene rings is 2. The molecule has 106 valence electrons. The predicted octanol–water partition coefficient (Wildman–Crippen LogP) is 3.08. The lowest BCUT2D eigenvalue weighted by atomic mass is 10.1. The fourth-order valence-electron chi connectivity index (χ4n) is 1.58. The minimum Gasteiger partial charge on any atom is -0.478 e. The van der Waals surface area contributed by atoms with E-state index >= 15 is 0 Å². The first-order chi connectivity index (χ1) is 9.97. The Kier molecular flexibility index (Phi) is 3.94. The van der Waals surface area contributed by atoms with Gasteiger partial charge in [0.15, 0.2) is 0 Å². The van der Waals surface area contributed by atoms with Crippen LogP contribution in [0.1, 0.15) is 20.7 Å². The SMILES string of the molecule is Nc1ccc(N=Nc2ccc(C(=O)O)cc2)cc1C(=O)O. The van der Waals surface area contributed by atoms with Crippen LogP contribution in [0.3, 0.4) is 0 Å². The molecule has 2 aromatic carbocycles. The number of rotatable bonds is 4. The largest absolute Gasteiger partial charge is 0.478 e. The molecule has 0 amide bonds. The molecular formula is C14H11N3O4. The Morgan fingerprint density at radius 1 is 0.857 bits per heavy atom. The number of hydrogen-bond acceptors (Lipinski definition) is 5. The van der Waals surface area contributed by atoms with Crippen LogP contribution >= 0.6 is 0 Å². The maximum Gasteiger partial charge on any atom is 0.337 e. The third-order valence-corrected chi connectivity index (χ3v) is 2.66. The summed E-state index contributed by atoms with van der Waals surface area (Å²) in [5.41, 5.74) is 6.57. The van der Waals surface area contributed by atoms with Gasteiger partial charge in [0.05, 0.1) is 22.5 Å². The molecular weight excluding hydrogens is 274 g/mol. The van der Waals surface area contributed by atoms with E-state index in [-0.39, 0.29) is 16.8 Å². The number of hydrogen-bond donors (Lipinski definition) is 3. The lowest BCUT2D eigenvalue weighted by molar-refractivity contribution is 0.0686. The van der Waals surface area contributed by atoms with Crippen LogP contribution in [-0.2, 0) is 0 Å². The molecule has 0 atom stereocenters. The highest BCUT2D eigenvalue weighted by Crippen LogP contribution is 2.23. The van der Waals surface area contributed by atoms with Crippen molar-refractivity contribution in [3.63, 3.8) is 0 Å². The van der Waals surface area contributed by atoms with Crippen molar-refractivity contribution in [2.45, 2.75) is 0 Å². The molecule has 2 rings (SSSR count). The molecule has 0 aromatic heterocycles. The van der Waals surface area contributed by atoms with Gasteiger partial charge in [-0.2, -0.15) is 10.2 Å². The zero-order chi connectivity index (χ0) is 15.4. The van der Waals surface area contributed by atoms with Crippen LogP contribution in [0.4, 0.5) is 17.1 Å². The quantitative estimate of drug-likeness (QED) is 0.587. The number of azo groups is 1. The fourth-order valence-corrected chi connectivity index (χ4v) is 1.58. The van der Waals surface area contributed by atoms with Crippen molar-refractivity contribution in [3.8, 4) is 0 Å². The number of aromatic carboxylic acids is 2. The monoisotopic (exact) mass is 285 g/mol. The molecule has 0 radical (unpaired) electrons. The first kappa shape index (κ1) is 14.2. The number of carboxylic acid groups (broad SMARTS) is 2. The van der Waals surface area contributed by atoms with E-state index in [1.165, 1.54) is 42.5 Å². The normalized spacial score (nSPS) is 10.7. The molecule has 0 bridgehead atoms. The van der Waals surface area contributed by atoms with E-state index < -0.39 is 11.9 Å². The summed E-state index contributed by atoms with van der Waals surface area (Å²) < 4.78 is 0. The van der Waals surface area contributed by atoms with Gasteiger partial charge >= 0.3 is 11.9 Å². The molecule has 0 aliphatic heterocycles. The Labute approximate surface area is 119 Å². The standard InChI is InChI=1S/C14H11N3O4/c15-12-6-5-10(7-11(12)14(20)21)17-16-9-3-1-8(2-4-9)13(18)19/h1-7H,15H2,(H,18,19)(H,20,21). The highest BCUT2D eigenvalue weighted by atomic mass is 16.4. The third kappa shape index (κ3) is 3.41. The van der Waals surface area contributed by atoms with Gasteiger partial charge in [0.1, 0.15) is 0 Å². The van der Waals surface area contributed by atoms with E-state index in [1.807, 2.05) is 0 Å². The van der Waals surface area contributed by atoms with Gasteiger partial charge in [0, 0.05) is 5.69 Å². The highest BCUT2D eigenvalue weighted by molar-refractivity contribution is 5.94. The van der Waals surface area contributed by atoms with Crippen LogP contribution in [0.5, 0.6) is 0 Å². The molecule has 7 nitrogen and oxygen atoms in total. The Bertz CT molecular complexity index is 723. The summed E-state index contributed by atoms with van der Waals surface area (Å²) in [6, 6.07) is 10.1. The number of carboxylic acids is 2. The second-order valence-corrected chi connectivity index (χ2v) is 4.13. The van der Waals surface area contributed by atoms with Crippen molar-refractivity contribution in [1.82, 2.24) is 0 Å². The summed E-state index contributed by atoms with van der Waals surface area (Å²) in [6.45, 7) is 0. The smallest absolute Gasteiger partial charge is 0.337 e. The van der Waals surface area contributed by atoms with Crippen molar-refractivity contribution >= 4 is 29.0 Å². The van der Waals surface area contributed by atoms with Gasteiger partial charge in [0.2, 0.25) is 0 Å². The van der Waals surface area contributed by atoms with E-state index in [2.05, 4.69) is 10.2 Å². The number of anilines is 1. The van der Waals surface area contributed by atoms with Crippen LogP contribution < -0.4 is 5.73 Å². The van der Waals surface area contributed by atoms with Gasteiger partial charge in [-0.25, -0.2) is 9.59 Å². The average molecular weight is 285 g/mol. The van der Waals surface area contributed by atoms with E-state index in [9.17, 15) is 9.59 Å². The number of carbonyl (C=O) groups is 2. The highest BCUT2D eigenvalue weighted by Gasteiger charge is 2.08. The number of nitrogens with zero attached hydrogens (tertiary/aromatic N) is 2. The minimum absolute atomic E-state index is 0.0484. The van der Waals surface area contributed by atoms with Crippen molar-refractivity contribution in [3.05, 3.63) is 53.6 Å². The van der Waals surface area contributed by atoms with Crippen LogP contribution in [0.25, 0.3) is 0 Å². The van der Waals surface area contributed by atoms with Gasteiger partial charge in [-0.15, -0.1) is 0 Å². The van der Waals surface area contributed by atoms with Crippen molar-refractivity contribution < 1.29 is 19.8 Å². The summed E-state index contributed by atoms with van der Waals surface area (Å²) in [4.78, 5) is 21.6. The van der Waals surface area contributed by atoms with Gasteiger partial charge in [-0.3, -0.25) is 0 Å². The predicted molar refractivity (Wildman–Crippen MR) is 75.4 cm³/mol. The van der Waals surface area contributed by atoms with Crippen LogP contribution in [0.15, 0.2) is 52.7 Å². The number of nitrogen functional groups attached to an aromatic ring is 1. The average Bonchev–Trinajstić information content (AvgIpc) is 2.46. The van der Waals surface area contributed by atoms with E-state index in [0.29, 0.717) is 11.4 Å². The summed E-state index contributed by atoms with van der Waals surface area (Å²) in [5, 5.41) is 25.5. The van der Waals surface area contributed by atoms with Gasteiger partial charge in [-0.05, 0) is 42.5 Å². The minimum atomic E-state index is -1.14. The maximum atomic E-state index is 10.9. The Morgan fingerprint density at radius 2 is 1.43 bits per heavy atom. The van der Waals surface area contributed by atoms with E-state index in [4.69, 9.17) is 15.9 Å². The second-order valence-electron chi connectivity index (χ2n) is 4.13. The molecule has 0 fully saturated rings. The molecule has 0 saturated carbocycles. The maximum absolute atomic E-state index is 10.9. The third-order valence-electron chi connectivity index (χ3n) is 2.66. The summed E-state index contributed by atoms with van der Waals surface area (Å²) in [7, 11) is 0. The van der Waals surface area contributed by atoms with Crippen molar-refractivity contribution in [2.24, 2.45) is 10.2 Å². The van der Waals surface area contributed by atoms with E-state index in [1.54, 1.807) is 0 Å². The molecule has 0 aliphatic carbocycles. The van der Waals surface area contributed by atoms with Crippen LogP contribution in [0, 0.1) is 0 Å². The van der Waals surface area contributed by atoms with Crippen LogP contribution in [-0.4, -0.2) is 22.2 Å². The molecule has 2 aromatic rings. The lowest BCUT2D eigenvalue weighted by Gasteiger charge is -2.01. The zero-order valence-electron chi connectivity index (χ0n) is 10.7. The second kappa shape index (κ2) is 5.83. The topological polar surface area (TPSA) is 125 Å². The summed E-state index contributed by atoms with van der Waals surface area (Å²) >= 11 is 0. The van der Waals surface area contributed by atoms with Crippen LogP contribution in [0.2, 0.25) is 0 Å².